The van der Waals surface area contributed by atoms with Gasteiger partial charge in [-0.15, -0.1) is 0 Å². The van der Waals surface area contributed by atoms with E-state index in [1.807, 2.05) is 25.1 Å². The molecule has 0 aliphatic carbocycles. The van der Waals surface area contributed by atoms with Crippen molar-refractivity contribution in [2.75, 3.05) is 0 Å². The molecule has 0 aliphatic heterocycles. The average Bonchev–Trinajstić information content (AvgIpc) is 2.27. The van der Waals surface area contributed by atoms with E-state index in [1.54, 1.807) is 6.07 Å². The van der Waals surface area contributed by atoms with Crippen LogP contribution in [-0.2, 0) is 20.8 Å². The van der Waals surface area contributed by atoms with E-state index in [1.165, 1.54) is 0 Å². The van der Waals surface area contributed by atoms with E-state index in [4.69, 9.17) is 10.8 Å². The van der Waals surface area contributed by atoms with Crippen molar-refractivity contribution in [3.05, 3.63) is 35.4 Å². The molecule has 0 heterocycles. The minimum Gasteiger partial charge on any atom is -0.480 e. The van der Waals surface area contributed by atoms with Gasteiger partial charge in [0.25, 0.3) is 0 Å². The Balaban J connectivity index is 2.62. The third-order valence-corrected chi connectivity index (χ3v) is 2.49. The molecule has 0 fully saturated rings. The van der Waals surface area contributed by atoms with Gasteiger partial charge in [-0.3, -0.25) is 9.59 Å². The Labute approximate surface area is 110 Å². The van der Waals surface area contributed by atoms with Crippen molar-refractivity contribution in [3.8, 4) is 0 Å². The van der Waals surface area contributed by atoms with E-state index in [2.05, 4.69) is 5.32 Å². The zero-order valence-corrected chi connectivity index (χ0v) is 10.6. The van der Waals surface area contributed by atoms with Crippen LogP contribution in [0.4, 0.5) is 0 Å². The first-order chi connectivity index (χ1) is 8.88. The van der Waals surface area contributed by atoms with Gasteiger partial charge in [0.2, 0.25) is 11.8 Å². The summed E-state index contributed by atoms with van der Waals surface area (Å²) in [7, 11) is 0. The zero-order valence-electron chi connectivity index (χ0n) is 10.6. The van der Waals surface area contributed by atoms with Crippen LogP contribution >= 0.6 is 0 Å². The molecule has 0 aromatic heterocycles. The maximum atomic E-state index is 11.7. The average molecular weight is 264 g/mol. The lowest BCUT2D eigenvalue weighted by molar-refractivity contribution is -0.143. The summed E-state index contributed by atoms with van der Waals surface area (Å²) in [6.07, 6.45) is -0.362. The number of nitrogens with one attached hydrogen (secondary N) is 1. The lowest BCUT2D eigenvalue weighted by atomic mass is 10.1. The Hall–Kier alpha value is -2.37. The highest BCUT2D eigenvalue weighted by Crippen LogP contribution is 2.05. The molecule has 4 N–H and O–H groups in total. The molecule has 6 heteroatoms. The Morgan fingerprint density at radius 1 is 1.37 bits per heavy atom. The summed E-state index contributed by atoms with van der Waals surface area (Å²) in [5.41, 5.74) is 6.72. The van der Waals surface area contributed by atoms with Gasteiger partial charge in [-0.25, -0.2) is 4.79 Å². The number of carbonyl (C=O) groups excluding carboxylic acids is 2. The van der Waals surface area contributed by atoms with Gasteiger partial charge in [0.15, 0.2) is 0 Å². The summed E-state index contributed by atoms with van der Waals surface area (Å²) in [5, 5.41) is 11.1. The number of hydrogen-bond acceptors (Lipinski definition) is 3. The van der Waals surface area contributed by atoms with Crippen molar-refractivity contribution < 1.29 is 19.5 Å². The standard InChI is InChI=1S/C13H16N2O4/c1-8-3-2-4-9(5-8)6-12(17)15-10(13(18)19)7-11(14)16/h2-5,10H,6-7H2,1H3,(H2,14,16)(H,15,17)(H,18,19). The molecule has 1 aromatic rings. The molecule has 0 radical (unpaired) electrons. The van der Waals surface area contributed by atoms with Crippen molar-refractivity contribution in [1.29, 1.82) is 0 Å². The SMILES string of the molecule is Cc1cccc(CC(=O)NC(CC(N)=O)C(=O)O)c1. The first-order valence-electron chi connectivity index (χ1n) is 5.74. The molecular formula is C13H16N2O4. The molecule has 0 spiro atoms. The van der Waals surface area contributed by atoms with E-state index < -0.39 is 30.2 Å². The topological polar surface area (TPSA) is 109 Å². The van der Waals surface area contributed by atoms with E-state index in [9.17, 15) is 14.4 Å². The maximum Gasteiger partial charge on any atom is 0.326 e. The Kier molecular flexibility index (Phi) is 5.05. The normalized spacial score (nSPS) is 11.6. The highest BCUT2D eigenvalue weighted by atomic mass is 16.4. The minimum atomic E-state index is -1.28. The number of carboxylic acid groups (broad SMARTS) is 1. The number of nitrogens with two attached hydrogens (primary N) is 1. The van der Waals surface area contributed by atoms with Crippen LogP contribution in [-0.4, -0.2) is 28.9 Å². The van der Waals surface area contributed by atoms with Gasteiger partial charge in [-0.05, 0) is 12.5 Å². The summed E-state index contributed by atoms with van der Waals surface area (Å²) < 4.78 is 0. The van der Waals surface area contributed by atoms with Crippen molar-refractivity contribution in [2.24, 2.45) is 5.73 Å². The van der Waals surface area contributed by atoms with Gasteiger partial charge in [-0.1, -0.05) is 29.8 Å². The molecule has 1 atom stereocenters. The van der Waals surface area contributed by atoms with Crippen molar-refractivity contribution in [2.45, 2.75) is 25.8 Å². The molecule has 1 aromatic carbocycles. The summed E-state index contributed by atoms with van der Waals surface area (Å²) in [4.78, 5) is 33.3. The molecule has 1 unspecified atom stereocenters. The Morgan fingerprint density at radius 3 is 2.58 bits per heavy atom. The Bertz CT molecular complexity index is 499. The van der Waals surface area contributed by atoms with E-state index >= 15 is 0 Å². The zero-order chi connectivity index (χ0) is 14.4. The highest BCUT2D eigenvalue weighted by Gasteiger charge is 2.21. The van der Waals surface area contributed by atoms with Crippen LogP contribution < -0.4 is 11.1 Å². The second-order valence-corrected chi connectivity index (χ2v) is 4.29. The number of amides is 2. The van der Waals surface area contributed by atoms with Gasteiger partial charge >= 0.3 is 5.97 Å². The lowest BCUT2D eigenvalue weighted by Gasteiger charge is -2.12. The number of primary amides is 1. The number of aliphatic carboxylic acids is 1. The van der Waals surface area contributed by atoms with Gasteiger partial charge < -0.3 is 16.2 Å². The van der Waals surface area contributed by atoms with Gasteiger partial charge in [0.05, 0.1) is 12.8 Å². The van der Waals surface area contributed by atoms with Crippen LogP contribution in [0.15, 0.2) is 24.3 Å². The van der Waals surface area contributed by atoms with Crippen LogP contribution in [0.1, 0.15) is 17.5 Å². The fraction of sp³-hybridized carbons (Fsp3) is 0.308. The van der Waals surface area contributed by atoms with E-state index in [0.29, 0.717) is 0 Å². The summed E-state index contributed by atoms with van der Waals surface area (Å²) in [6, 6.07) is 6.04. The first kappa shape index (κ1) is 14.7. The summed E-state index contributed by atoms with van der Waals surface area (Å²) in [6.45, 7) is 1.90. The monoisotopic (exact) mass is 264 g/mol. The van der Waals surface area contributed by atoms with Crippen molar-refractivity contribution >= 4 is 17.8 Å². The van der Waals surface area contributed by atoms with Crippen LogP contribution in [0, 0.1) is 6.92 Å². The molecule has 1 rings (SSSR count). The minimum absolute atomic E-state index is 0.0597. The van der Waals surface area contributed by atoms with Crippen LogP contribution in [0.5, 0.6) is 0 Å². The molecule has 6 nitrogen and oxygen atoms in total. The predicted molar refractivity (Wildman–Crippen MR) is 68.3 cm³/mol. The third kappa shape index (κ3) is 5.20. The number of carbonyl (C=O) groups is 3. The molecule has 19 heavy (non-hydrogen) atoms. The van der Waals surface area contributed by atoms with E-state index in [0.717, 1.165) is 11.1 Å². The number of hydrogen-bond donors (Lipinski definition) is 3. The second kappa shape index (κ2) is 6.53. The molecule has 0 saturated carbocycles. The van der Waals surface area contributed by atoms with Gasteiger partial charge in [0, 0.05) is 0 Å². The van der Waals surface area contributed by atoms with Crippen LogP contribution in [0.3, 0.4) is 0 Å². The van der Waals surface area contributed by atoms with Gasteiger partial charge in [-0.2, -0.15) is 0 Å². The molecule has 0 bridgehead atoms. The lowest BCUT2D eigenvalue weighted by Crippen LogP contribution is -2.43. The first-order valence-corrected chi connectivity index (χ1v) is 5.74. The largest absolute Gasteiger partial charge is 0.480 e. The number of benzene rings is 1. The molecule has 0 aliphatic rings. The smallest absolute Gasteiger partial charge is 0.326 e. The fourth-order valence-corrected chi connectivity index (χ4v) is 1.65. The number of carboxylic acids is 1. The van der Waals surface area contributed by atoms with E-state index in [-0.39, 0.29) is 6.42 Å². The highest BCUT2D eigenvalue weighted by molar-refractivity contribution is 5.88. The Morgan fingerprint density at radius 2 is 2.05 bits per heavy atom. The fourth-order valence-electron chi connectivity index (χ4n) is 1.65. The quantitative estimate of drug-likeness (QED) is 0.670. The van der Waals surface area contributed by atoms with Crippen LogP contribution in [0.2, 0.25) is 0 Å². The number of rotatable bonds is 6. The van der Waals surface area contributed by atoms with Crippen molar-refractivity contribution in [3.63, 3.8) is 0 Å². The third-order valence-electron chi connectivity index (χ3n) is 2.49. The maximum absolute atomic E-state index is 11.7. The van der Waals surface area contributed by atoms with Gasteiger partial charge in [0.1, 0.15) is 6.04 Å². The molecule has 0 saturated heterocycles. The van der Waals surface area contributed by atoms with Crippen molar-refractivity contribution in [1.82, 2.24) is 5.32 Å². The molecule has 2 amide bonds. The number of aryl methyl sites for hydroxylation is 1. The predicted octanol–water partition coefficient (Wildman–Crippen LogP) is -0.0177. The summed E-state index contributed by atoms with van der Waals surface area (Å²) in [5.74, 6) is -2.51. The summed E-state index contributed by atoms with van der Waals surface area (Å²) >= 11 is 0. The van der Waals surface area contributed by atoms with Crippen LogP contribution in [0.25, 0.3) is 0 Å². The molecular weight excluding hydrogens is 248 g/mol. The second-order valence-electron chi connectivity index (χ2n) is 4.29. The molecule has 102 valence electrons.